The van der Waals surface area contributed by atoms with Crippen molar-refractivity contribution in [2.75, 3.05) is 18.6 Å². The summed E-state index contributed by atoms with van der Waals surface area (Å²) in [6.45, 7) is 4.74. The highest BCUT2D eigenvalue weighted by molar-refractivity contribution is 5.94. The summed E-state index contributed by atoms with van der Waals surface area (Å²) in [5, 5.41) is 3.14. The van der Waals surface area contributed by atoms with Crippen LogP contribution in [0.25, 0.3) is 0 Å². The Morgan fingerprint density at radius 2 is 1.83 bits per heavy atom. The number of carbonyl (C=O) groups excluding carboxylic acids is 1. The molecule has 0 atom stereocenters. The Balaban J connectivity index is 1.76. The molecule has 0 saturated heterocycles. The van der Waals surface area contributed by atoms with Crippen molar-refractivity contribution in [1.82, 2.24) is 5.32 Å². The SMILES string of the molecule is COc1ccc(C(C)(C)NC(=O)N2CCc3ccccc32)cc1. The molecule has 0 unspecified atom stereocenters. The lowest BCUT2D eigenvalue weighted by Crippen LogP contribution is -2.48. The third kappa shape index (κ3) is 3.02. The Bertz CT molecular complexity index is 708. The van der Waals surface area contributed by atoms with E-state index in [4.69, 9.17) is 4.74 Å². The number of amides is 2. The lowest BCUT2D eigenvalue weighted by molar-refractivity contribution is 0.236. The van der Waals surface area contributed by atoms with Gasteiger partial charge in [-0.25, -0.2) is 4.79 Å². The van der Waals surface area contributed by atoms with Crippen molar-refractivity contribution in [1.29, 1.82) is 0 Å². The second kappa shape index (κ2) is 5.95. The van der Waals surface area contributed by atoms with E-state index in [1.807, 2.05) is 61.2 Å². The monoisotopic (exact) mass is 310 g/mol. The quantitative estimate of drug-likeness (QED) is 0.939. The molecule has 0 saturated carbocycles. The number of methoxy groups -OCH3 is 1. The van der Waals surface area contributed by atoms with E-state index >= 15 is 0 Å². The second-order valence-corrected chi connectivity index (χ2v) is 6.31. The van der Waals surface area contributed by atoms with Crippen molar-refractivity contribution >= 4 is 11.7 Å². The number of hydrogen-bond donors (Lipinski definition) is 1. The van der Waals surface area contributed by atoms with Gasteiger partial charge in [0.25, 0.3) is 0 Å². The number of urea groups is 1. The molecule has 0 bridgehead atoms. The molecule has 1 N–H and O–H groups in total. The van der Waals surface area contributed by atoms with Crippen LogP contribution in [-0.2, 0) is 12.0 Å². The number of nitrogens with one attached hydrogen (secondary N) is 1. The van der Waals surface area contributed by atoms with Crippen LogP contribution in [0.15, 0.2) is 48.5 Å². The highest BCUT2D eigenvalue weighted by Crippen LogP contribution is 2.29. The zero-order chi connectivity index (χ0) is 16.4. The van der Waals surface area contributed by atoms with Crippen molar-refractivity contribution in [3.63, 3.8) is 0 Å². The molecule has 0 radical (unpaired) electrons. The van der Waals surface area contributed by atoms with Crippen molar-refractivity contribution in [2.45, 2.75) is 25.8 Å². The number of fused-ring (bicyclic) bond motifs is 1. The fourth-order valence-electron chi connectivity index (χ4n) is 2.96. The van der Waals surface area contributed by atoms with E-state index in [1.165, 1.54) is 5.56 Å². The molecular formula is C19H22N2O2. The van der Waals surface area contributed by atoms with E-state index < -0.39 is 5.54 Å². The predicted octanol–water partition coefficient (Wildman–Crippen LogP) is 3.70. The molecule has 0 aromatic heterocycles. The molecule has 2 aromatic rings. The van der Waals surface area contributed by atoms with Gasteiger partial charge in [-0.15, -0.1) is 0 Å². The number of ether oxygens (including phenoxy) is 1. The molecule has 2 amide bonds. The van der Waals surface area contributed by atoms with E-state index in [9.17, 15) is 4.79 Å². The average Bonchev–Trinajstić information content (AvgIpc) is 2.98. The van der Waals surface area contributed by atoms with Gasteiger partial charge in [-0.2, -0.15) is 0 Å². The van der Waals surface area contributed by atoms with E-state index in [2.05, 4.69) is 11.4 Å². The number of benzene rings is 2. The van der Waals surface area contributed by atoms with Crippen LogP contribution < -0.4 is 15.0 Å². The Labute approximate surface area is 137 Å². The number of hydrogen-bond acceptors (Lipinski definition) is 2. The Morgan fingerprint density at radius 3 is 2.52 bits per heavy atom. The summed E-state index contributed by atoms with van der Waals surface area (Å²) in [5.74, 6) is 0.810. The van der Waals surface area contributed by atoms with Crippen LogP contribution in [-0.4, -0.2) is 19.7 Å². The van der Waals surface area contributed by atoms with E-state index in [-0.39, 0.29) is 6.03 Å². The minimum atomic E-state index is -0.457. The van der Waals surface area contributed by atoms with Crippen LogP contribution in [0, 0.1) is 0 Å². The lowest BCUT2D eigenvalue weighted by Gasteiger charge is -2.30. The van der Waals surface area contributed by atoms with Gasteiger partial charge in [-0.05, 0) is 49.6 Å². The molecule has 4 nitrogen and oxygen atoms in total. The van der Waals surface area contributed by atoms with Gasteiger partial charge in [0.05, 0.1) is 12.6 Å². The summed E-state index contributed by atoms with van der Waals surface area (Å²) in [7, 11) is 1.65. The number of rotatable bonds is 3. The first-order valence-corrected chi connectivity index (χ1v) is 7.83. The summed E-state index contributed by atoms with van der Waals surface area (Å²) in [4.78, 5) is 14.5. The summed E-state index contributed by atoms with van der Waals surface area (Å²) >= 11 is 0. The topological polar surface area (TPSA) is 41.6 Å². The second-order valence-electron chi connectivity index (χ2n) is 6.31. The Kier molecular flexibility index (Phi) is 3.99. The van der Waals surface area contributed by atoms with Crippen molar-refractivity contribution < 1.29 is 9.53 Å². The Morgan fingerprint density at radius 1 is 1.13 bits per heavy atom. The first kappa shape index (κ1) is 15.4. The number of anilines is 1. The van der Waals surface area contributed by atoms with Crippen molar-refractivity contribution in [2.24, 2.45) is 0 Å². The van der Waals surface area contributed by atoms with Gasteiger partial charge < -0.3 is 10.1 Å². The summed E-state index contributed by atoms with van der Waals surface area (Å²) in [5.41, 5.74) is 2.82. The maximum atomic E-state index is 12.7. The first-order chi connectivity index (χ1) is 11.0. The molecule has 0 fully saturated rings. The minimum Gasteiger partial charge on any atom is -0.497 e. The van der Waals surface area contributed by atoms with Crippen LogP contribution in [0.5, 0.6) is 5.75 Å². The predicted molar refractivity (Wildman–Crippen MR) is 92.0 cm³/mol. The van der Waals surface area contributed by atoms with Crippen LogP contribution in [0.3, 0.4) is 0 Å². The Hall–Kier alpha value is -2.49. The summed E-state index contributed by atoms with van der Waals surface area (Å²) in [6.07, 6.45) is 0.909. The van der Waals surface area contributed by atoms with Gasteiger partial charge in [0, 0.05) is 12.2 Å². The van der Waals surface area contributed by atoms with Gasteiger partial charge in [0.2, 0.25) is 0 Å². The molecule has 0 aliphatic carbocycles. The molecule has 1 heterocycles. The number of nitrogens with zero attached hydrogens (tertiary/aromatic N) is 1. The van der Waals surface area contributed by atoms with Crippen LogP contribution in [0.2, 0.25) is 0 Å². The van der Waals surface area contributed by atoms with E-state index in [1.54, 1.807) is 7.11 Å². The summed E-state index contributed by atoms with van der Waals surface area (Å²) in [6, 6.07) is 15.8. The van der Waals surface area contributed by atoms with E-state index in [0.717, 1.165) is 30.0 Å². The molecule has 1 aliphatic rings. The van der Waals surface area contributed by atoms with Gasteiger partial charge in [0.15, 0.2) is 0 Å². The van der Waals surface area contributed by atoms with Crippen molar-refractivity contribution in [3.05, 3.63) is 59.7 Å². The maximum Gasteiger partial charge on any atom is 0.322 e. The summed E-state index contributed by atoms with van der Waals surface area (Å²) < 4.78 is 5.19. The molecule has 120 valence electrons. The normalized spacial score (nSPS) is 13.6. The molecule has 2 aromatic carbocycles. The lowest BCUT2D eigenvalue weighted by atomic mass is 9.94. The molecule has 0 spiro atoms. The minimum absolute atomic E-state index is 0.0595. The van der Waals surface area contributed by atoms with Gasteiger partial charge in [-0.3, -0.25) is 4.90 Å². The third-order valence-electron chi connectivity index (χ3n) is 4.36. The maximum absolute atomic E-state index is 12.7. The largest absolute Gasteiger partial charge is 0.497 e. The molecule has 4 heteroatoms. The molecule has 1 aliphatic heterocycles. The molecule has 3 rings (SSSR count). The zero-order valence-electron chi connectivity index (χ0n) is 13.8. The van der Waals surface area contributed by atoms with E-state index in [0.29, 0.717) is 0 Å². The highest BCUT2D eigenvalue weighted by Gasteiger charge is 2.29. The van der Waals surface area contributed by atoms with Crippen LogP contribution in [0.4, 0.5) is 10.5 Å². The average molecular weight is 310 g/mol. The number of para-hydroxylation sites is 1. The van der Waals surface area contributed by atoms with Gasteiger partial charge >= 0.3 is 6.03 Å². The van der Waals surface area contributed by atoms with Gasteiger partial charge in [-0.1, -0.05) is 30.3 Å². The molecular weight excluding hydrogens is 288 g/mol. The van der Waals surface area contributed by atoms with Crippen LogP contribution >= 0.6 is 0 Å². The zero-order valence-corrected chi connectivity index (χ0v) is 13.8. The van der Waals surface area contributed by atoms with Crippen molar-refractivity contribution in [3.8, 4) is 5.75 Å². The third-order valence-corrected chi connectivity index (χ3v) is 4.36. The standard InChI is InChI=1S/C19H22N2O2/c1-19(2,15-8-10-16(23-3)11-9-15)20-18(22)21-13-12-14-6-4-5-7-17(14)21/h4-11H,12-13H2,1-3H3,(H,20,22). The highest BCUT2D eigenvalue weighted by atomic mass is 16.5. The fraction of sp³-hybridized carbons (Fsp3) is 0.316. The molecule has 23 heavy (non-hydrogen) atoms. The van der Waals surface area contributed by atoms with Crippen LogP contribution in [0.1, 0.15) is 25.0 Å². The smallest absolute Gasteiger partial charge is 0.322 e. The first-order valence-electron chi connectivity index (χ1n) is 7.83. The van der Waals surface area contributed by atoms with Gasteiger partial charge in [0.1, 0.15) is 5.75 Å². The fourth-order valence-corrected chi connectivity index (χ4v) is 2.96. The number of carbonyl (C=O) groups is 1.